The van der Waals surface area contributed by atoms with E-state index in [9.17, 15) is 14.4 Å². The predicted molar refractivity (Wildman–Crippen MR) is 93.4 cm³/mol. The summed E-state index contributed by atoms with van der Waals surface area (Å²) in [4.78, 5) is 44.7. The Morgan fingerprint density at radius 1 is 1.12 bits per heavy atom. The number of carbonyl (C=O) groups is 3. The predicted octanol–water partition coefficient (Wildman–Crippen LogP) is 1.05. The van der Waals surface area contributed by atoms with Crippen molar-refractivity contribution in [1.29, 1.82) is 0 Å². The molecule has 1 atom stereocenters. The molecule has 0 bridgehead atoms. The molecule has 132 valence electrons. The van der Waals surface area contributed by atoms with Gasteiger partial charge >= 0.3 is 0 Å². The van der Waals surface area contributed by atoms with Crippen molar-refractivity contribution in [3.63, 3.8) is 0 Å². The Morgan fingerprint density at radius 2 is 1.85 bits per heavy atom. The lowest BCUT2D eigenvalue weighted by molar-refractivity contribution is 0.0642. The molecule has 1 fully saturated rings. The van der Waals surface area contributed by atoms with E-state index in [1.807, 2.05) is 0 Å². The summed E-state index contributed by atoms with van der Waals surface area (Å²) in [6.45, 7) is 1.30. The molecule has 26 heavy (non-hydrogen) atoms. The Kier molecular flexibility index (Phi) is 4.00. The highest BCUT2D eigenvalue weighted by Crippen LogP contribution is 2.26. The number of imide groups is 1. The van der Waals surface area contributed by atoms with Gasteiger partial charge in [0.1, 0.15) is 0 Å². The molecule has 1 aromatic heterocycles. The van der Waals surface area contributed by atoms with Crippen molar-refractivity contribution in [1.82, 2.24) is 14.8 Å². The van der Waals surface area contributed by atoms with Crippen LogP contribution in [0.25, 0.3) is 0 Å². The number of hydrogen-bond donors (Lipinski definition) is 1. The molecular weight excluding hydrogens is 332 g/mol. The number of hydrogen-bond acceptors (Lipinski definition) is 5. The molecule has 1 aromatic carbocycles. The van der Waals surface area contributed by atoms with Crippen molar-refractivity contribution < 1.29 is 14.4 Å². The zero-order chi connectivity index (χ0) is 18.3. The molecule has 1 saturated heterocycles. The van der Waals surface area contributed by atoms with Crippen molar-refractivity contribution in [2.24, 2.45) is 5.73 Å². The van der Waals surface area contributed by atoms with Gasteiger partial charge < -0.3 is 10.6 Å². The monoisotopic (exact) mass is 350 g/mol. The van der Waals surface area contributed by atoms with E-state index >= 15 is 0 Å². The maximum absolute atomic E-state index is 12.7. The third-order valence-electron chi connectivity index (χ3n) is 4.82. The minimum absolute atomic E-state index is 0.00700. The van der Waals surface area contributed by atoms with E-state index in [0.29, 0.717) is 24.2 Å². The van der Waals surface area contributed by atoms with Crippen LogP contribution in [0.1, 0.15) is 43.1 Å². The van der Waals surface area contributed by atoms with Crippen LogP contribution in [-0.2, 0) is 6.54 Å². The topological polar surface area (TPSA) is 96.6 Å². The minimum Gasteiger partial charge on any atom is -0.337 e. The van der Waals surface area contributed by atoms with Gasteiger partial charge in [-0.25, -0.2) is 0 Å². The second-order valence-electron chi connectivity index (χ2n) is 6.61. The van der Waals surface area contributed by atoms with E-state index in [1.54, 1.807) is 41.6 Å². The lowest BCUT2D eigenvalue weighted by Gasteiger charge is -2.16. The Hall–Kier alpha value is -3.06. The fraction of sp³-hybridized carbons (Fsp3) is 0.263. The van der Waals surface area contributed by atoms with Crippen LogP contribution in [-0.4, -0.2) is 51.6 Å². The third kappa shape index (κ3) is 2.76. The number of likely N-dealkylation sites (tertiary alicyclic amines) is 1. The molecule has 2 aliphatic rings. The number of nitrogens with zero attached hydrogens (tertiary/aromatic N) is 3. The van der Waals surface area contributed by atoms with E-state index in [-0.39, 0.29) is 35.9 Å². The average Bonchev–Trinajstić information content (AvgIpc) is 3.19. The van der Waals surface area contributed by atoms with Gasteiger partial charge in [0.15, 0.2) is 0 Å². The van der Waals surface area contributed by atoms with Crippen molar-refractivity contribution in [2.45, 2.75) is 19.0 Å². The number of rotatable bonds is 3. The fourth-order valence-electron chi connectivity index (χ4n) is 3.39. The summed E-state index contributed by atoms with van der Waals surface area (Å²) in [5.74, 6) is -0.882. The summed E-state index contributed by atoms with van der Waals surface area (Å²) in [6.07, 6.45) is 4.00. The molecule has 2 aromatic rings. The van der Waals surface area contributed by atoms with Crippen LogP contribution in [0.5, 0.6) is 0 Å². The zero-order valence-corrected chi connectivity index (χ0v) is 14.1. The quantitative estimate of drug-likeness (QED) is 0.835. The van der Waals surface area contributed by atoms with Crippen molar-refractivity contribution in [3.05, 3.63) is 65.0 Å². The average molecular weight is 350 g/mol. The van der Waals surface area contributed by atoms with Crippen LogP contribution < -0.4 is 5.73 Å². The van der Waals surface area contributed by atoms with Crippen LogP contribution in [0.2, 0.25) is 0 Å². The molecule has 0 unspecified atom stereocenters. The molecule has 0 spiro atoms. The van der Waals surface area contributed by atoms with Gasteiger partial charge in [-0.3, -0.25) is 24.3 Å². The first-order valence-electron chi connectivity index (χ1n) is 8.48. The molecule has 2 N–H and O–H groups in total. The van der Waals surface area contributed by atoms with Gasteiger partial charge in [-0.15, -0.1) is 0 Å². The Balaban J connectivity index is 1.59. The largest absolute Gasteiger partial charge is 0.337 e. The molecular formula is C19H18N4O3. The van der Waals surface area contributed by atoms with E-state index in [2.05, 4.69) is 4.98 Å². The number of carbonyl (C=O) groups excluding carboxylic acids is 3. The summed E-state index contributed by atoms with van der Waals surface area (Å²) in [5.41, 5.74) is 7.69. The van der Waals surface area contributed by atoms with E-state index in [0.717, 1.165) is 12.0 Å². The van der Waals surface area contributed by atoms with Crippen molar-refractivity contribution in [2.75, 3.05) is 13.1 Å². The smallest absolute Gasteiger partial charge is 0.261 e. The highest BCUT2D eigenvalue weighted by molar-refractivity contribution is 6.22. The lowest BCUT2D eigenvalue weighted by Crippen LogP contribution is -2.32. The van der Waals surface area contributed by atoms with E-state index < -0.39 is 0 Å². The standard InChI is InChI=1S/C19H18N4O3/c20-14-5-8-22(11-14)17(24)13-1-2-15-16(9-13)19(26)23(18(15)25)10-12-3-6-21-7-4-12/h1-4,6-7,9,14H,5,8,10-11,20H2/t14-/m1/s1. The molecule has 0 saturated carbocycles. The first kappa shape index (κ1) is 16.4. The Labute approximate surface area is 150 Å². The first-order chi connectivity index (χ1) is 12.5. The minimum atomic E-state index is -0.380. The number of fused-ring (bicyclic) bond motifs is 1. The van der Waals surface area contributed by atoms with E-state index in [1.165, 1.54) is 11.0 Å². The van der Waals surface area contributed by atoms with Gasteiger partial charge in [-0.05, 0) is 42.3 Å². The van der Waals surface area contributed by atoms with Gasteiger partial charge in [-0.1, -0.05) is 0 Å². The summed E-state index contributed by atoms with van der Waals surface area (Å²) in [7, 11) is 0. The number of amides is 3. The summed E-state index contributed by atoms with van der Waals surface area (Å²) < 4.78 is 0. The number of pyridine rings is 1. The van der Waals surface area contributed by atoms with Crippen molar-refractivity contribution in [3.8, 4) is 0 Å². The van der Waals surface area contributed by atoms with Crippen LogP contribution in [0.3, 0.4) is 0 Å². The number of aromatic nitrogens is 1. The summed E-state index contributed by atoms with van der Waals surface area (Å²) in [6, 6.07) is 8.20. The van der Waals surface area contributed by atoms with Crippen LogP contribution in [0, 0.1) is 0 Å². The maximum atomic E-state index is 12.7. The van der Waals surface area contributed by atoms with Gasteiger partial charge in [0, 0.05) is 37.1 Å². The molecule has 3 heterocycles. The normalized spacial score (nSPS) is 19.2. The highest BCUT2D eigenvalue weighted by Gasteiger charge is 2.36. The lowest BCUT2D eigenvalue weighted by atomic mass is 10.0. The molecule has 2 aliphatic heterocycles. The van der Waals surface area contributed by atoms with E-state index in [4.69, 9.17) is 5.73 Å². The number of benzene rings is 1. The van der Waals surface area contributed by atoms with Gasteiger partial charge in [0.25, 0.3) is 17.7 Å². The molecule has 0 aliphatic carbocycles. The van der Waals surface area contributed by atoms with Crippen LogP contribution >= 0.6 is 0 Å². The highest BCUT2D eigenvalue weighted by atomic mass is 16.2. The number of nitrogens with two attached hydrogens (primary N) is 1. The molecule has 7 heteroatoms. The first-order valence-corrected chi connectivity index (χ1v) is 8.48. The molecule has 0 radical (unpaired) electrons. The summed E-state index contributed by atoms with van der Waals surface area (Å²) in [5, 5.41) is 0. The maximum Gasteiger partial charge on any atom is 0.261 e. The molecule has 3 amide bonds. The SMILES string of the molecule is N[C@@H]1CCN(C(=O)c2ccc3c(c2)C(=O)N(Cc2ccncc2)C3=O)C1. The molecule has 7 nitrogen and oxygen atoms in total. The molecule has 4 rings (SSSR count). The summed E-state index contributed by atoms with van der Waals surface area (Å²) >= 11 is 0. The van der Waals surface area contributed by atoms with Gasteiger partial charge in [0.2, 0.25) is 0 Å². The van der Waals surface area contributed by atoms with Gasteiger partial charge in [0.05, 0.1) is 17.7 Å². The van der Waals surface area contributed by atoms with Crippen LogP contribution in [0.15, 0.2) is 42.7 Å². The second kappa shape index (κ2) is 6.34. The Bertz CT molecular complexity index is 897. The Morgan fingerprint density at radius 3 is 2.54 bits per heavy atom. The zero-order valence-electron chi connectivity index (χ0n) is 14.1. The second-order valence-corrected chi connectivity index (χ2v) is 6.61. The third-order valence-corrected chi connectivity index (χ3v) is 4.82. The van der Waals surface area contributed by atoms with Crippen molar-refractivity contribution >= 4 is 17.7 Å². The van der Waals surface area contributed by atoms with Crippen LogP contribution in [0.4, 0.5) is 0 Å². The van der Waals surface area contributed by atoms with Gasteiger partial charge in [-0.2, -0.15) is 0 Å². The fourth-order valence-corrected chi connectivity index (χ4v) is 3.39.